The van der Waals surface area contributed by atoms with Crippen molar-refractivity contribution in [2.45, 2.75) is 0 Å². The van der Waals surface area contributed by atoms with Gasteiger partial charge in [0.25, 0.3) is 0 Å². The van der Waals surface area contributed by atoms with Crippen LogP contribution in [0.25, 0.3) is 10.1 Å². The van der Waals surface area contributed by atoms with Gasteiger partial charge in [-0.15, -0.1) is 0 Å². The fourth-order valence-corrected chi connectivity index (χ4v) is 1.98. The molecule has 0 unspecified atom stereocenters. The lowest BCUT2D eigenvalue weighted by Crippen LogP contribution is -2.00. The minimum Gasteiger partial charge on any atom is -0.358 e. The topological polar surface area (TPSA) is 56.3 Å². The number of rotatable bonds is 2. The van der Waals surface area contributed by atoms with Crippen molar-refractivity contribution in [1.29, 1.82) is 0 Å². The van der Waals surface area contributed by atoms with Gasteiger partial charge in [0, 0.05) is 11.6 Å². The third kappa shape index (κ3) is 1.99. The van der Waals surface area contributed by atoms with E-state index in [9.17, 15) is 12.3 Å². The monoisotopic (exact) mass is 233 g/mol. The Hall–Kier alpha value is -1.21. The maximum Gasteiger partial charge on any atom is 0.488 e. The summed E-state index contributed by atoms with van der Waals surface area (Å²) in [7, 11) is -4.95. The highest BCUT2D eigenvalue weighted by Crippen LogP contribution is 2.24. The Bertz CT molecular complexity index is 563. The van der Waals surface area contributed by atoms with E-state index in [0.29, 0.717) is 0 Å². The van der Waals surface area contributed by atoms with Crippen molar-refractivity contribution < 1.29 is 16.5 Å². The zero-order valence-electron chi connectivity index (χ0n) is 6.68. The van der Waals surface area contributed by atoms with Crippen LogP contribution in [0.4, 0.5) is 3.89 Å². The molecule has 0 aliphatic rings. The number of hydrogen-bond acceptors (Lipinski definition) is 5. The fourth-order valence-electron chi connectivity index (χ4n) is 1.02. The first-order valence-electron chi connectivity index (χ1n) is 3.53. The molecule has 0 bridgehead atoms. The predicted octanol–water partition coefficient (Wildman–Crippen LogP) is 1.89. The summed E-state index contributed by atoms with van der Waals surface area (Å²) in [6, 6.07) is 4.40. The summed E-state index contributed by atoms with van der Waals surface area (Å²) >= 11 is 1.27. The van der Waals surface area contributed by atoms with Gasteiger partial charge in [-0.25, -0.2) is 0 Å². The van der Waals surface area contributed by atoms with Gasteiger partial charge in [0.1, 0.15) is 5.75 Å². The molecule has 0 fully saturated rings. The van der Waals surface area contributed by atoms with Crippen LogP contribution in [0.2, 0.25) is 0 Å². The molecule has 0 saturated heterocycles. The average molecular weight is 233 g/mol. The van der Waals surface area contributed by atoms with E-state index in [-0.39, 0.29) is 5.75 Å². The number of aromatic nitrogens is 1. The molecule has 0 radical (unpaired) electrons. The number of nitrogens with zero attached hydrogens (tertiary/aromatic N) is 1. The smallest absolute Gasteiger partial charge is 0.358 e. The highest BCUT2D eigenvalue weighted by Gasteiger charge is 2.09. The molecule has 0 aliphatic heterocycles. The van der Waals surface area contributed by atoms with Crippen LogP contribution in [0.1, 0.15) is 0 Å². The van der Waals surface area contributed by atoms with Gasteiger partial charge in [0.2, 0.25) is 0 Å². The standard InChI is InChI=1S/C7H4FNO3S2/c8-14(10,11)12-6-1-2-7-5(3-6)4-9-13-7/h1-4H. The molecule has 14 heavy (non-hydrogen) atoms. The zero-order chi connectivity index (χ0) is 10.2. The first-order chi connectivity index (χ1) is 6.54. The summed E-state index contributed by atoms with van der Waals surface area (Å²) in [4.78, 5) is 0. The Morgan fingerprint density at radius 3 is 2.93 bits per heavy atom. The van der Waals surface area contributed by atoms with Crippen LogP contribution in [-0.2, 0) is 10.5 Å². The van der Waals surface area contributed by atoms with Gasteiger partial charge < -0.3 is 4.18 Å². The molecule has 74 valence electrons. The molecule has 2 rings (SSSR count). The van der Waals surface area contributed by atoms with Crippen molar-refractivity contribution in [3.63, 3.8) is 0 Å². The van der Waals surface area contributed by atoms with E-state index in [0.717, 1.165) is 10.1 Å². The maximum absolute atomic E-state index is 12.1. The Balaban J connectivity index is 2.44. The summed E-state index contributed by atoms with van der Waals surface area (Å²) in [6.45, 7) is 0. The number of hydrogen-bond donors (Lipinski definition) is 0. The molecule has 1 aromatic carbocycles. The van der Waals surface area contributed by atoms with E-state index in [1.807, 2.05) is 0 Å². The van der Waals surface area contributed by atoms with Gasteiger partial charge in [-0.2, -0.15) is 12.8 Å². The molecule has 7 heteroatoms. The molecule has 2 aromatic rings. The summed E-state index contributed by atoms with van der Waals surface area (Å²) < 4.78 is 41.3. The van der Waals surface area contributed by atoms with E-state index in [1.165, 1.54) is 23.7 Å². The van der Waals surface area contributed by atoms with Crippen molar-refractivity contribution in [2.75, 3.05) is 0 Å². The molecule has 1 aromatic heterocycles. The molecule has 1 heterocycles. The summed E-state index contributed by atoms with van der Waals surface area (Å²) in [5.41, 5.74) is 0. The SMILES string of the molecule is O=S(=O)(F)Oc1ccc2sncc2c1. The first-order valence-corrected chi connectivity index (χ1v) is 5.61. The van der Waals surface area contributed by atoms with Crippen molar-refractivity contribution in [1.82, 2.24) is 4.37 Å². The minimum atomic E-state index is -4.95. The van der Waals surface area contributed by atoms with Crippen LogP contribution in [0.15, 0.2) is 24.4 Å². The van der Waals surface area contributed by atoms with Crippen molar-refractivity contribution in [3.05, 3.63) is 24.4 Å². The largest absolute Gasteiger partial charge is 0.488 e. The van der Waals surface area contributed by atoms with Crippen molar-refractivity contribution >= 4 is 32.1 Å². The maximum atomic E-state index is 12.1. The normalized spacial score (nSPS) is 11.8. The van der Waals surface area contributed by atoms with E-state index in [2.05, 4.69) is 8.56 Å². The van der Waals surface area contributed by atoms with Gasteiger partial charge in [0.05, 0.1) is 4.70 Å². The fraction of sp³-hybridized carbons (Fsp3) is 0. The molecule has 0 spiro atoms. The van der Waals surface area contributed by atoms with Gasteiger partial charge in [-0.05, 0) is 29.7 Å². The van der Waals surface area contributed by atoms with Crippen molar-refractivity contribution in [2.24, 2.45) is 0 Å². The van der Waals surface area contributed by atoms with Crippen LogP contribution in [0.3, 0.4) is 0 Å². The van der Waals surface area contributed by atoms with Gasteiger partial charge in [-0.3, -0.25) is 0 Å². The molecule has 0 atom stereocenters. The summed E-state index contributed by atoms with van der Waals surface area (Å²) in [6.07, 6.45) is 1.55. The lowest BCUT2D eigenvalue weighted by Gasteiger charge is -1.98. The molecule has 0 amide bonds. The molecular weight excluding hydrogens is 229 g/mol. The van der Waals surface area contributed by atoms with Crippen molar-refractivity contribution in [3.8, 4) is 5.75 Å². The minimum absolute atomic E-state index is 0.0554. The highest BCUT2D eigenvalue weighted by atomic mass is 32.3. The number of halogens is 1. The third-order valence-electron chi connectivity index (χ3n) is 1.52. The Morgan fingerprint density at radius 1 is 1.43 bits per heavy atom. The van der Waals surface area contributed by atoms with E-state index in [1.54, 1.807) is 12.3 Å². The number of benzene rings is 1. The Kier molecular flexibility index (Phi) is 2.12. The van der Waals surface area contributed by atoms with Crippen LogP contribution >= 0.6 is 11.5 Å². The van der Waals surface area contributed by atoms with Crippen LogP contribution in [0.5, 0.6) is 5.75 Å². The van der Waals surface area contributed by atoms with E-state index in [4.69, 9.17) is 0 Å². The average Bonchev–Trinajstić information content (AvgIpc) is 2.47. The zero-order valence-corrected chi connectivity index (χ0v) is 8.31. The number of fused-ring (bicyclic) bond motifs is 1. The molecule has 0 saturated carbocycles. The first kappa shape index (κ1) is 9.35. The Morgan fingerprint density at radius 2 is 2.21 bits per heavy atom. The third-order valence-corrected chi connectivity index (χ3v) is 2.69. The predicted molar refractivity (Wildman–Crippen MR) is 50.3 cm³/mol. The van der Waals surface area contributed by atoms with Gasteiger partial charge in [0.15, 0.2) is 0 Å². The van der Waals surface area contributed by atoms with Crippen LogP contribution in [-0.4, -0.2) is 12.8 Å². The Labute approximate surface area is 83.5 Å². The molecular formula is C7H4FNO3S2. The molecule has 0 aliphatic carbocycles. The quantitative estimate of drug-likeness (QED) is 0.743. The molecule has 0 N–H and O–H groups in total. The second kappa shape index (κ2) is 3.18. The summed E-state index contributed by atoms with van der Waals surface area (Å²) in [5.74, 6) is -0.0554. The van der Waals surface area contributed by atoms with Crippen LogP contribution < -0.4 is 4.18 Å². The van der Waals surface area contributed by atoms with Crippen LogP contribution in [0, 0.1) is 0 Å². The van der Waals surface area contributed by atoms with Gasteiger partial charge >= 0.3 is 10.5 Å². The highest BCUT2D eigenvalue weighted by molar-refractivity contribution is 7.81. The lowest BCUT2D eigenvalue weighted by atomic mass is 10.3. The van der Waals surface area contributed by atoms with Gasteiger partial charge in [-0.1, -0.05) is 3.89 Å². The van der Waals surface area contributed by atoms with E-state index < -0.39 is 10.5 Å². The van der Waals surface area contributed by atoms with E-state index >= 15 is 0 Å². The second-order valence-corrected chi connectivity index (χ2v) is 4.29. The molecule has 4 nitrogen and oxygen atoms in total. The second-order valence-electron chi connectivity index (χ2n) is 2.50. The summed E-state index contributed by atoms with van der Waals surface area (Å²) in [5, 5.41) is 0.719. The lowest BCUT2D eigenvalue weighted by molar-refractivity contribution is 0.440.